The first kappa shape index (κ1) is 24.2. The average Bonchev–Trinajstić information content (AvgIpc) is 3.08. The topological polar surface area (TPSA) is 67.8 Å². The van der Waals surface area contributed by atoms with E-state index in [0.717, 1.165) is 24.1 Å². The van der Waals surface area contributed by atoms with Crippen molar-refractivity contribution < 1.29 is 23.8 Å². The van der Waals surface area contributed by atoms with Crippen LogP contribution in [0.15, 0.2) is 48.5 Å². The van der Waals surface area contributed by atoms with E-state index >= 15 is 0 Å². The summed E-state index contributed by atoms with van der Waals surface area (Å²) in [6, 6.07) is 14.7. The molecule has 32 heavy (non-hydrogen) atoms. The Bertz CT molecular complexity index is 876. The average molecular weight is 444 g/mol. The van der Waals surface area contributed by atoms with Gasteiger partial charge in [-0.25, -0.2) is 4.39 Å². The Morgan fingerprint density at radius 2 is 1.75 bits per heavy atom. The lowest BCUT2D eigenvalue weighted by atomic mass is 9.77. The third-order valence-electron chi connectivity index (χ3n) is 6.39. The van der Waals surface area contributed by atoms with Gasteiger partial charge in [0.05, 0.1) is 19.3 Å². The van der Waals surface area contributed by atoms with Gasteiger partial charge in [-0.1, -0.05) is 19.1 Å². The molecule has 0 unspecified atom stereocenters. The van der Waals surface area contributed by atoms with Gasteiger partial charge >= 0.3 is 0 Å². The summed E-state index contributed by atoms with van der Waals surface area (Å²) in [6.45, 7) is 5.25. The lowest BCUT2D eigenvalue weighted by molar-refractivity contribution is -0.00839. The number of aryl methyl sites for hydroxylation is 1. The number of amides is 1. The molecular weight excluding hydrogens is 409 g/mol. The highest BCUT2D eigenvalue weighted by atomic mass is 19.1. The second kappa shape index (κ2) is 10.5. The molecule has 5 nitrogen and oxygen atoms in total. The molecule has 1 aliphatic heterocycles. The van der Waals surface area contributed by atoms with Crippen LogP contribution >= 0.6 is 0 Å². The van der Waals surface area contributed by atoms with Crippen molar-refractivity contribution in [1.29, 1.82) is 0 Å². The van der Waals surface area contributed by atoms with E-state index in [2.05, 4.69) is 5.32 Å². The Hall–Kier alpha value is -2.44. The molecule has 1 heterocycles. The van der Waals surface area contributed by atoms with Crippen LogP contribution < -0.4 is 10.1 Å². The zero-order valence-electron chi connectivity index (χ0n) is 19.3. The van der Waals surface area contributed by atoms with E-state index < -0.39 is 5.67 Å². The number of hydrogen-bond donors (Lipinski definition) is 2. The van der Waals surface area contributed by atoms with Crippen LogP contribution in [0.25, 0.3) is 0 Å². The Morgan fingerprint density at radius 1 is 1.09 bits per heavy atom. The zero-order chi connectivity index (χ0) is 23.3. The third kappa shape index (κ3) is 5.87. The number of benzene rings is 2. The van der Waals surface area contributed by atoms with Crippen molar-refractivity contribution in [2.75, 3.05) is 19.0 Å². The molecule has 3 rings (SSSR count). The van der Waals surface area contributed by atoms with E-state index in [9.17, 15) is 14.3 Å². The molecular formula is C26H34FNO4. The van der Waals surface area contributed by atoms with E-state index in [1.54, 1.807) is 45.2 Å². The summed E-state index contributed by atoms with van der Waals surface area (Å²) in [7, 11) is 1.59. The minimum absolute atomic E-state index is 0.000392. The molecule has 0 radical (unpaired) electrons. The third-order valence-corrected chi connectivity index (χ3v) is 6.39. The summed E-state index contributed by atoms with van der Waals surface area (Å²) in [5.74, 6) is 0.378. The second-order valence-electron chi connectivity index (χ2n) is 9.09. The highest BCUT2D eigenvalue weighted by Crippen LogP contribution is 2.43. The summed E-state index contributed by atoms with van der Waals surface area (Å²) in [6.07, 6.45) is 1.75. The number of carbonyl (C=O) groups is 1. The van der Waals surface area contributed by atoms with Gasteiger partial charge in [-0.3, -0.25) is 4.79 Å². The summed E-state index contributed by atoms with van der Waals surface area (Å²) in [5, 5.41) is 12.2. The van der Waals surface area contributed by atoms with E-state index in [4.69, 9.17) is 9.47 Å². The molecule has 0 aromatic heterocycles. The largest absolute Gasteiger partial charge is 0.497 e. The van der Waals surface area contributed by atoms with E-state index in [1.165, 1.54) is 0 Å². The molecule has 0 spiro atoms. The predicted molar refractivity (Wildman–Crippen MR) is 124 cm³/mol. The number of anilines is 1. The first-order valence-corrected chi connectivity index (χ1v) is 11.2. The molecule has 2 aromatic carbocycles. The highest BCUT2D eigenvalue weighted by Gasteiger charge is 2.48. The van der Waals surface area contributed by atoms with Crippen molar-refractivity contribution in [2.45, 2.75) is 57.9 Å². The summed E-state index contributed by atoms with van der Waals surface area (Å²) in [4.78, 5) is 12.4. The number of aliphatic hydroxyl groups is 1. The van der Waals surface area contributed by atoms with Crippen LogP contribution in [0.2, 0.25) is 0 Å². The quantitative estimate of drug-likeness (QED) is 0.570. The molecule has 0 aliphatic carbocycles. The van der Waals surface area contributed by atoms with E-state index in [0.29, 0.717) is 17.7 Å². The van der Waals surface area contributed by atoms with Crippen molar-refractivity contribution in [2.24, 2.45) is 11.8 Å². The van der Waals surface area contributed by atoms with Gasteiger partial charge in [0.2, 0.25) is 0 Å². The van der Waals surface area contributed by atoms with Crippen molar-refractivity contribution in [3.05, 3.63) is 59.7 Å². The molecule has 4 atom stereocenters. The number of ether oxygens (including phenoxy) is 2. The standard InChI is InChI=1S/C26H34FNO4/c1-17-22(32-23(15-16-29)24(17)26(2,3)27)14-7-18-5-10-20(11-6-18)28-25(30)19-8-12-21(31-4)13-9-19/h5-6,8-13,17,22-24,29H,7,14-16H2,1-4H3,(H,28,30)/t17-,22+,23-,24+/m0/s1. The van der Waals surface area contributed by atoms with Crippen LogP contribution in [-0.2, 0) is 11.2 Å². The number of carbonyl (C=O) groups excluding carboxylic acids is 1. The van der Waals surface area contributed by atoms with Gasteiger partial charge in [-0.15, -0.1) is 0 Å². The summed E-state index contributed by atoms with van der Waals surface area (Å²) >= 11 is 0. The van der Waals surface area contributed by atoms with Crippen LogP contribution in [0.3, 0.4) is 0 Å². The van der Waals surface area contributed by atoms with E-state index in [1.807, 2.05) is 31.2 Å². The fourth-order valence-electron chi connectivity index (χ4n) is 4.79. The minimum atomic E-state index is -1.35. The van der Waals surface area contributed by atoms with Crippen molar-refractivity contribution in [3.63, 3.8) is 0 Å². The highest BCUT2D eigenvalue weighted by molar-refractivity contribution is 6.04. The number of rotatable bonds is 9. The normalized spacial score (nSPS) is 23.2. The van der Waals surface area contributed by atoms with Gasteiger partial charge in [0.1, 0.15) is 11.4 Å². The van der Waals surface area contributed by atoms with Crippen LogP contribution in [0.4, 0.5) is 10.1 Å². The minimum Gasteiger partial charge on any atom is -0.497 e. The van der Waals surface area contributed by atoms with Crippen molar-refractivity contribution >= 4 is 11.6 Å². The Morgan fingerprint density at radius 3 is 2.31 bits per heavy atom. The molecule has 2 N–H and O–H groups in total. The van der Waals surface area contributed by atoms with Gasteiger partial charge in [0, 0.05) is 23.8 Å². The first-order valence-electron chi connectivity index (χ1n) is 11.2. The van der Waals surface area contributed by atoms with Gasteiger partial charge < -0.3 is 19.9 Å². The number of alkyl halides is 1. The van der Waals surface area contributed by atoms with Gasteiger partial charge in [-0.05, 0) is 81.0 Å². The molecule has 1 aliphatic rings. The van der Waals surface area contributed by atoms with Gasteiger partial charge in [0.15, 0.2) is 0 Å². The second-order valence-corrected chi connectivity index (χ2v) is 9.09. The number of methoxy groups -OCH3 is 1. The monoisotopic (exact) mass is 443 g/mol. The van der Waals surface area contributed by atoms with E-state index in [-0.39, 0.29) is 36.6 Å². The van der Waals surface area contributed by atoms with Crippen molar-refractivity contribution in [1.82, 2.24) is 0 Å². The molecule has 1 saturated heterocycles. The fourth-order valence-corrected chi connectivity index (χ4v) is 4.79. The Labute approximate surface area is 189 Å². The smallest absolute Gasteiger partial charge is 0.255 e. The van der Waals surface area contributed by atoms with Crippen LogP contribution in [0.5, 0.6) is 5.75 Å². The molecule has 6 heteroatoms. The van der Waals surface area contributed by atoms with Gasteiger partial charge in [-0.2, -0.15) is 0 Å². The van der Waals surface area contributed by atoms with Crippen molar-refractivity contribution in [3.8, 4) is 5.75 Å². The molecule has 2 aromatic rings. The van der Waals surface area contributed by atoms with Crippen LogP contribution in [-0.4, -0.2) is 42.6 Å². The molecule has 1 amide bonds. The fraction of sp³-hybridized carbons (Fsp3) is 0.500. The lowest BCUT2D eigenvalue weighted by Crippen LogP contribution is -2.37. The predicted octanol–water partition coefficient (Wildman–Crippen LogP) is 5.03. The number of halogens is 1. The number of aliphatic hydroxyl groups excluding tert-OH is 1. The molecule has 174 valence electrons. The molecule has 1 fully saturated rings. The summed E-state index contributed by atoms with van der Waals surface area (Å²) in [5.41, 5.74) is 1.06. The maximum absolute atomic E-state index is 14.8. The number of nitrogens with one attached hydrogen (secondary N) is 1. The van der Waals surface area contributed by atoms with Gasteiger partial charge in [0.25, 0.3) is 5.91 Å². The first-order chi connectivity index (χ1) is 15.2. The Kier molecular flexibility index (Phi) is 7.91. The Balaban J connectivity index is 1.56. The maximum Gasteiger partial charge on any atom is 0.255 e. The maximum atomic E-state index is 14.8. The molecule has 0 saturated carbocycles. The van der Waals surface area contributed by atoms with Crippen LogP contribution in [0.1, 0.15) is 49.5 Å². The SMILES string of the molecule is COc1ccc(C(=O)Nc2ccc(CC[C@H]3O[C@@H](CCO)[C@H](C(C)(C)F)[C@H]3C)cc2)cc1. The molecule has 0 bridgehead atoms. The number of hydrogen-bond acceptors (Lipinski definition) is 4. The lowest BCUT2D eigenvalue weighted by Gasteiger charge is -2.30. The summed E-state index contributed by atoms with van der Waals surface area (Å²) < 4.78 is 26.0. The zero-order valence-corrected chi connectivity index (χ0v) is 19.3. The van der Waals surface area contributed by atoms with Crippen LogP contribution in [0, 0.1) is 11.8 Å².